The number of hydrogen-bond acceptors (Lipinski definition) is 2. The highest BCUT2D eigenvalue weighted by atomic mass is 16.3. The zero-order valence-electron chi connectivity index (χ0n) is 10.5. The van der Waals surface area contributed by atoms with Gasteiger partial charge in [-0.05, 0) is 31.5 Å². The predicted molar refractivity (Wildman–Crippen MR) is 67.5 cm³/mol. The smallest absolute Gasteiger partial charge is 0.253 e. The number of hydrogen-bond donors (Lipinski definition) is 2. The molecule has 0 aliphatic heterocycles. The van der Waals surface area contributed by atoms with E-state index in [-0.39, 0.29) is 11.7 Å². The summed E-state index contributed by atoms with van der Waals surface area (Å²) in [5.41, 5.74) is 3.30. The van der Waals surface area contributed by atoms with Gasteiger partial charge in [-0.2, -0.15) is 0 Å². The molecule has 0 atom stereocenters. The van der Waals surface area contributed by atoms with Crippen molar-refractivity contribution in [3.05, 3.63) is 29.0 Å². The van der Waals surface area contributed by atoms with E-state index in [0.717, 1.165) is 22.2 Å². The minimum atomic E-state index is -0.118. The van der Waals surface area contributed by atoms with E-state index in [2.05, 4.69) is 4.98 Å². The summed E-state index contributed by atoms with van der Waals surface area (Å²) in [7, 11) is 3.38. The number of H-pyrrole nitrogens is 1. The van der Waals surface area contributed by atoms with Gasteiger partial charge in [-0.3, -0.25) is 4.79 Å². The Morgan fingerprint density at radius 3 is 2.53 bits per heavy atom. The third kappa shape index (κ3) is 1.75. The van der Waals surface area contributed by atoms with Gasteiger partial charge in [0.05, 0.1) is 5.52 Å². The number of nitrogens with one attached hydrogen (secondary N) is 1. The molecule has 1 aromatic heterocycles. The second kappa shape index (κ2) is 3.80. The van der Waals surface area contributed by atoms with Gasteiger partial charge in [-0.15, -0.1) is 0 Å². The van der Waals surface area contributed by atoms with Crippen molar-refractivity contribution in [1.82, 2.24) is 9.88 Å². The fourth-order valence-corrected chi connectivity index (χ4v) is 1.98. The van der Waals surface area contributed by atoms with Crippen LogP contribution in [0.3, 0.4) is 0 Å². The molecule has 0 unspecified atom stereocenters. The molecule has 0 aliphatic rings. The molecule has 0 radical (unpaired) electrons. The molecular formula is C13H16N2O2. The molecule has 90 valence electrons. The predicted octanol–water partition coefficient (Wildman–Crippen LogP) is 2.19. The SMILES string of the molecule is Cc1[nH]c2cc(C(=O)N(C)C)cc(O)c2c1C. The molecule has 4 heteroatoms. The van der Waals surface area contributed by atoms with Gasteiger partial charge in [0.2, 0.25) is 0 Å². The normalized spacial score (nSPS) is 10.8. The van der Waals surface area contributed by atoms with Gasteiger partial charge in [0.1, 0.15) is 5.75 Å². The number of aromatic nitrogens is 1. The Balaban J connectivity index is 2.68. The van der Waals surface area contributed by atoms with Crippen LogP contribution in [0.1, 0.15) is 21.6 Å². The Kier molecular flexibility index (Phi) is 2.58. The molecule has 0 fully saturated rings. The first-order valence-corrected chi connectivity index (χ1v) is 5.45. The Hall–Kier alpha value is -1.97. The van der Waals surface area contributed by atoms with Crippen LogP contribution in [0.25, 0.3) is 10.9 Å². The molecule has 2 aromatic rings. The van der Waals surface area contributed by atoms with Gasteiger partial charge in [0.25, 0.3) is 5.91 Å². The van der Waals surface area contributed by atoms with Crippen LogP contribution in [-0.2, 0) is 0 Å². The van der Waals surface area contributed by atoms with Gasteiger partial charge in [-0.25, -0.2) is 0 Å². The summed E-state index contributed by atoms with van der Waals surface area (Å²) in [5, 5.41) is 10.8. The van der Waals surface area contributed by atoms with Crippen molar-refractivity contribution in [2.45, 2.75) is 13.8 Å². The largest absolute Gasteiger partial charge is 0.507 e. The Bertz CT molecular complexity index is 597. The Labute approximate surface area is 99.9 Å². The number of benzene rings is 1. The van der Waals surface area contributed by atoms with E-state index in [0.29, 0.717) is 5.56 Å². The molecule has 0 spiro atoms. The van der Waals surface area contributed by atoms with Gasteiger partial charge in [0, 0.05) is 30.7 Å². The van der Waals surface area contributed by atoms with Crippen molar-refractivity contribution in [2.24, 2.45) is 0 Å². The maximum atomic E-state index is 11.8. The third-order valence-electron chi connectivity index (χ3n) is 3.03. The molecule has 0 aliphatic carbocycles. The number of phenolic OH excluding ortho intramolecular Hbond substituents is 1. The zero-order valence-corrected chi connectivity index (χ0v) is 10.5. The highest BCUT2D eigenvalue weighted by molar-refractivity contribution is 6.00. The lowest BCUT2D eigenvalue weighted by Gasteiger charge is -2.10. The first-order chi connectivity index (χ1) is 7.91. The first kappa shape index (κ1) is 11.5. The van der Waals surface area contributed by atoms with Gasteiger partial charge in [0.15, 0.2) is 0 Å². The molecule has 0 saturated heterocycles. The fourth-order valence-electron chi connectivity index (χ4n) is 1.98. The summed E-state index contributed by atoms with van der Waals surface area (Å²) in [4.78, 5) is 16.5. The number of rotatable bonds is 1. The van der Waals surface area contributed by atoms with Crippen LogP contribution in [0.15, 0.2) is 12.1 Å². The molecule has 4 nitrogen and oxygen atoms in total. The van der Waals surface area contributed by atoms with E-state index in [9.17, 15) is 9.90 Å². The molecule has 2 rings (SSSR count). The lowest BCUT2D eigenvalue weighted by atomic mass is 10.1. The van der Waals surface area contributed by atoms with Crippen LogP contribution in [0.5, 0.6) is 5.75 Å². The molecule has 2 N–H and O–H groups in total. The van der Waals surface area contributed by atoms with E-state index < -0.39 is 0 Å². The van der Waals surface area contributed by atoms with E-state index >= 15 is 0 Å². The van der Waals surface area contributed by atoms with Crippen molar-refractivity contribution < 1.29 is 9.90 Å². The number of aromatic amines is 1. The number of amides is 1. The second-order valence-electron chi connectivity index (χ2n) is 4.49. The van der Waals surface area contributed by atoms with Crippen molar-refractivity contribution in [1.29, 1.82) is 0 Å². The van der Waals surface area contributed by atoms with Crippen molar-refractivity contribution in [3.63, 3.8) is 0 Å². The lowest BCUT2D eigenvalue weighted by molar-refractivity contribution is 0.0827. The number of aryl methyl sites for hydroxylation is 2. The quantitative estimate of drug-likeness (QED) is 0.791. The van der Waals surface area contributed by atoms with Crippen LogP contribution < -0.4 is 0 Å². The molecule has 0 saturated carbocycles. The Morgan fingerprint density at radius 1 is 1.29 bits per heavy atom. The molecular weight excluding hydrogens is 216 g/mol. The minimum Gasteiger partial charge on any atom is -0.507 e. The molecule has 17 heavy (non-hydrogen) atoms. The highest BCUT2D eigenvalue weighted by Gasteiger charge is 2.14. The van der Waals surface area contributed by atoms with Crippen LogP contribution in [0.4, 0.5) is 0 Å². The Morgan fingerprint density at radius 2 is 1.94 bits per heavy atom. The standard InChI is InChI=1S/C13H16N2O2/c1-7-8(2)14-10-5-9(13(17)15(3)4)6-11(16)12(7)10/h5-6,14,16H,1-4H3. The summed E-state index contributed by atoms with van der Waals surface area (Å²) in [6, 6.07) is 3.29. The van der Waals surface area contributed by atoms with Crippen molar-refractivity contribution >= 4 is 16.8 Å². The average Bonchev–Trinajstić information content (AvgIpc) is 2.53. The maximum Gasteiger partial charge on any atom is 0.253 e. The fraction of sp³-hybridized carbons (Fsp3) is 0.308. The lowest BCUT2D eigenvalue weighted by Crippen LogP contribution is -2.21. The van der Waals surface area contributed by atoms with E-state index in [1.807, 2.05) is 13.8 Å². The monoisotopic (exact) mass is 232 g/mol. The summed E-state index contributed by atoms with van der Waals surface area (Å²) in [6.07, 6.45) is 0. The number of phenols is 1. The van der Waals surface area contributed by atoms with E-state index in [4.69, 9.17) is 0 Å². The van der Waals surface area contributed by atoms with Crippen LogP contribution in [0.2, 0.25) is 0 Å². The van der Waals surface area contributed by atoms with E-state index in [1.165, 1.54) is 11.0 Å². The number of aromatic hydroxyl groups is 1. The molecule has 0 bridgehead atoms. The number of fused-ring (bicyclic) bond motifs is 1. The zero-order chi connectivity index (χ0) is 12.7. The minimum absolute atomic E-state index is 0.118. The summed E-state index contributed by atoms with van der Waals surface area (Å²) < 4.78 is 0. The summed E-state index contributed by atoms with van der Waals surface area (Å²) in [5.74, 6) is 0.0293. The summed E-state index contributed by atoms with van der Waals surface area (Å²) >= 11 is 0. The van der Waals surface area contributed by atoms with Crippen LogP contribution in [-0.4, -0.2) is 35.0 Å². The van der Waals surface area contributed by atoms with Crippen molar-refractivity contribution in [2.75, 3.05) is 14.1 Å². The third-order valence-corrected chi connectivity index (χ3v) is 3.03. The van der Waals surface area contributed by atoms with Crippen molar-refractivity contribution in [3.8, 4) is 5.75 Å². The molecule has 1 amide bonds. The van der Waals surface area contributed by atoms with Gasteiger partial charge >= 0.3 is 0 Å². The number of carbonyl (C=O) groups is 1. The highest BCUT2D eigenvalue weighted by Crippen LogP contribution is 2.31. The van der Waals surface area contributed by atoms with Gasteiger partial charge in [-0.1, -0.05) is 0 Å². The molecule has 1 aromatic carbocycles. The number of carbonyl (C=O) groups excluding carboxylic acids is 1. The van der Waals surface area contributed by atoms with E-state index in [1.54, 1.807) is 20.2 Å². The number of nitrogens with zero attached hydrogens (tertiary/aromatic N) is 1. The summed E-state index contributed by atoms with van der Waals surface area (Å²) in [6.45, 7) is 3.89. The molecule has 1 heterocycles. The first-order valence-electron chi connectivity index (χ1n) is 5.45. The maximum absolute atomic E-state index is 11.8. The topological polar surface area (TPSA) is 56.3 Å². The average molecular weight is 232 g/mol. The van der Waals surface area contributed by atoms with Gasteiger partial charge < -0.3 is 15.0 Å². The second-order valence-corrected chi connectivity index (χ2v) is 4.49. The van der Waals surface area contributed by atoms with Crippen LogP contribution >= 0.6 is 0 Å². The van der Waals surface area contributed by atoms with Crippen LogP contribution in [0, 0.1) is 13.8 Å².